The molecule has 2 aromatic carbocycles. The van der Waals surface area contributed by atoms with Crippen molar-refractivity contribution >= 4 is 5.97 Å². The van der Waals surface area contributed by atoms with Crippen LogP contribution in [0.3, 0.4) is 0 Å². The molecule has 1 aliphatic carbocycles. The van der Waals surface area contributed by atoms with Crippen molar-refractivity contribution in [1.29, 1.82) is 0 Å². The minimum atomic E-state index is -0.210. The second-order valence-corrected chi connectivity index (χ2v) is 7.28. The predicted octanol–water partition coefficient (Wildman–Crippen LogP) is 4.38. The van der Waals surface area contributed by atoms with Crippen molar-refractivity contribution in [3.63, 3.8) is 0 Å². The van der Waals surface area contributed by atoms with Gasteiger partial charge in [0.05, 0.1) is 5.56 Å². The van der Waals surface area contributed by atoms with Gasteiger partial charge < -0.3 is 4.74 Å². The van der Waals surface area contributed by atoms with Crippen LogP contribution in [0.4, 0.5) is 0 Å². The summed E-state index contributed by atoms with van der Waals surface area (Å²) >= 11 is 0. The standard InChI is InChI=1S/C22H25NO2/c24-22(25-16-21-7-4-14-23(21)15-17-8-9-17)20-12-10-19(11-13-20)18-5-2-1-3-6-18/h1-3,5-6,10-13,17,21H,4,7-9,14-16H2. The Morgan fingerprint density at radius 1 is 0.960 bits per heavy atom. The zero-order valence-corrected chi connectivity index (χ0v) is 14.6. The van der Waals surface area contributed by atoms with Gasteiger partial charge in [0.15, 0.2) is 0 Å². The third kappa shape index (κ3) is 4.10. The second kappa shape index (κ2) is 7.40. The maximum atomic E-state index is 12.3. The molecule has 0 radical (unpaired) electrons. The number of nitrogens with zero attached hydrogens (tertiary/aromatic N) is 1. The van der Waals surface area contributed by atoms with Crippen molar-refractivity contribution in [2.24, 2.45) is 5.92 Å². The highest BCUT2D eigenvalue weighted by Crippen LogP contribution is 2.32. The first kappa shape index (κ1) is 16.3. The second-order valence-electron chi connectivity index (χ2n) is 7.28. The molecule has 1 aliphatic heterocycles. The van der Waals surface area contributed by atoms with Gasteiger partial charge in [0.1, 0.15) is 6.61 Å². The van der Waals surface area contributed by atoms with E-state index < -0.39 is 0 Å². The summed E-state index contributed by atoms with van der Waals surface area (Å²) < 4.78 is 5.61. The molecule has 0 bridgehead atoms. The third-order valence-electron chi connectivity index (χ3n) is 5.32. The Kier molecular flexibility index (Phi) is 4.84. The average molecular weight is 335 g/mol. The first-order valence-electron chi connectivity index (χ1n) is 9.36. The molecule has 1 atom stereocenters. The highest BCUT2D eigenvalue weighted by atomic mass is 16.5. The molecule has 3 nitrogen and oxygen atoms in total. The molecule has 25 heavy (non-hydrogen) atoms. The van der Waals surface area contributed by atoms with Crippen LogP contribution in [0.15, 0.2) is 54.6 Å². The van der Waals surface area contributed by atoms with Gasteiger partial charge in [-0.25, -0.2) is 4.79 Å². The van der Waals surface area contributed by atoms with E-state index in [2.05, 4.69) is 17.0 Å². The van der Waals surface area contributed by atoms with Crippen LogP contribution >= 0.6 is 0 Å². The van der Waals surface area contributed by atoms with Crippen LogP contribution < -0.4 is 0 Å². The van der Waals surface area contributed by atoms with Gasteiger partial charge in [-0.3, -0.25) is 4.90 Å². The SMILES string of the molecule is O=C(OCC1CCCN1CC1CC1)c1ccc(-c2ccccc2)cc1. The summed E-state index contributed by atoms with van der Waals surface area (Å²) in [6, 6.07) is 18.3. The molecule has 0 spiro atoms. The molecule has 0 N–H and O–H groups in total. The first-order valence-corrected chi connectivity index (χ1v) is 9.36. The van der Waals surface area contributed by atoms with E-state index in [1.165, 1.54) is 25.8 Å². The average Bonchev–Trinajstić information content (AvgIpc) is 3.37. The van der Waals surface area contributed by atoms with Gasteiger partial charge >= 0.3 is 5.97 Å². The summed E-state index contributed by atoms with van der Waals surface area (Å²) in [6.45, 7) is 2.87. The van der Waals surface area contributed by atoms with Gasteiger partial charge in [0.2, 0.25) is 0 Å². The third-order valence-corrected chi connectivity index (χ3v) is 5.32. The molecule has 2 aliphatic rings. The highest BCUT2D eigenvalue weighted by molar-refractivity contribution is 5.90. The van der Waals surface area contributed by atoms with Gasteiger partial charge in [-0.2, -0.15) is 0 Å². The number of hydrogen-bond donors (Lipinski definition) is 0. The minimum Gasteiger partial charge on any atom is -0.460 e. The maximum Gasteiger partial charge on any atom is 0.338 e. The van der Waals surface area contributed by atoms with Gasteiger partial charge in [-0.05, 0) is 61.4 Å². The van der Waals surface area contributed by atoms with E-state index in [1.807, 2.05) is 42.5 Å². The summed E-state index contributed by atoms with van der Waals surface area (Å²) in [5.74, 6) is 0.680. The molecular weight excluding hydrogens is 310 g/mol. The van der Waals surface area contributed by atoms with Crippen LogP contribution in [0.2, 0.25) is 0 Å². The summed E-state index contributed by atoms with van der Waals surface area (Å²) in [6.07, 6.45) is 5.11. The first-order chi connectivity index (χ1) is 12.3. The molecular formula is C22H25NO2. The molecule has 130 valence electrons. The Bertz CT molecular complexity index is 707. The summed E-state index contributed by atoms with van der Waals surface area (Å²) in [4.78, 5) is 14.9. The van der Waals surface area contributed by atoms with E-state index in [0.717, 1.165) is 30.0 Å². The molecule has 4 rings (SSSR count). The Labute approximate surface area is 149 Å². The predicted molar refractivity (Wildman–Crippen MR) is 99.5 cm³/mol. The van der Waals surface area contributed by atoms with E-state index >= 15 is 0 Å². The highest BCUT2D eigenvalue weighted by Gasteiger charge is 2.31. The van der Waals surface area contributed by atoms with Crippen LogP contribution in [-0.4, -0.2) is 36.6 Å². The number of likely N-dealkylation sites (tertiary alicyclic amines) is 1. The van der Waals surface area contributed by atoms with E-state index in [0.29, 0.717) is 18.2 Å². The van der Waals surface area contributed by atoms with E-state index in [9.17, 15) is 4.79 Å². The van der Waals surface area contributed by atoms with Crippen LogP contribution in [0, 0.1) is 5.92 Å². The zero-order chi connectivity index (χ0) is 17.1. The molecule has 0 amide bonds. The maximum absolute atomic E-state index is 12.3. The Morgan fingerprint density at radius 2 is 1.68 bits per heavy atom. The topological polar surface area (TPSA) is 29.5 Å². The summed E-state index contributed by atoms with van der Waals surface area (Å²) in [7, 11) is 0. The number of ether oxygens (including phenoxy) is 1. The van der Waals surface area contributed by atoms with Crippen molar-refractivity contribution in [1.82, 2.24) is 4.90 Å². The van der Waals surface area contributed by atoms with Crippen molar-refractivity contribution in [2.75, 3.05) is 19.7 Å². The number of hydrogen-bond acceptors (Lipinski definition) is 3. The van der Waals surface area contributed by atoms with E-state index in [1.54, 1.807) is 0 Å². The largest absolute Gasteiger partial charge is 0.460 e. The summed E-state index contributed by atoms with van der Waals surface area (Å²) in [5.41, 5.74) is 2.90. The molecule has 3 heteroatoms. The molecule has 2 aromatic rings. The fourth-order valence-corrected chi connectivity index (χ4v) is 3.64. The molecule has 0 aromatic heterocycles. The molecule has 1 saturated heterocycles. The number of esters is 1. The smallest absolute Gasteiger partial charge is 0.338 e. The van der Waals surface area contributed by atoms with Gasteiger partial charge in [-0.1, -0.05) is 42.5 Å². The Morgan fingerprint density at radius 3 is 2.40 bits per heavy atom. The van der Waals surface area contributed by atoms with Gasteiger partial charge in [0.25, 0.3) is 0 Å². The van der Waals surface area contributed by atoms with Crippen molar-refractivity contribution in [3.05, 3.63) is 60.2 Å². The lowest BCUT2D eigenvalue weighted by atomic mass is 10.0. The van der Waals surface area contributed by atoms with Crippen LogP contribution in [-0.2, 0) is 4.74 Å². The molecule has 1 heterocycles. The quantitative estimate of drug-likeness (QED) is 0.734. The molecule has 1 unspecified atom stereocenters. The lowest BCUT2D eigenvalue weighted by Gasteiger charge is -2.23. The lowest BCUT2D eigenvalue weighted by Crippen LogP contribution is -2.35. The normalized spacial score (nSPS) is 20.6. The van der Waals surface area contributed by atoms with Crippen molar-refractivity contribution < 1.29 is 9.53 Å². The van der Waals surface area contributed by atoms with Gasteiger partial charge in [0, 0.05) is 12.6 Å². The number of carbonyl (C=O) groups is 1. The fraction of sp³-hybridized carbons (Fsp3) is 0.409. The monoisotopic (exact) mass is 335 g/mol. The van der Waals surface area contributed by atoms with Crippen molar-refractivity contribution in [3.8, 4) is 11.1 Å². The molecule has 2 fully saturated rings. The number of benzene rings is 2. The van der Waals surface area contributed by atoms with Crippen LogP contribution in [0.5, 0.6) is 0 Å². The van der Waals surface area contributed by atoms with Crippen molar-refractivity contribution in [2.45, 2.75) is 31.7 Å². The van der Waals surface area contributed by atoms with Crippen LogP contribution in [0.25, 0.3) is 11.1 Å². The van der Waals surface area contributed by atoms with E-state index in [-0.39, 0.29) is 5.97 Å². The Balaban J connectivity index is 1.33. The fourth-order valence-electron chi connectivity index (χ4n) is 3.64. The number of rotatable bonds is 6. The van der Waals surface area contributed by atoms with Gasteiger partial charge in [-0.15, -0.1) is 0 Å². The number of carbonyl (C=O) groups excluding carboxylic acids is 1. The van der Waals surface area contributed by atoms with E-state index in [4.69, 9.17) is 4.74 Å². The molecule has 1 saturated carbocycles. The minimum absolute atomic E-state index is 0.210. The van der Waals surface area contributed by atoms with Crippen LogP contribution in [0.1, 0.15) is 36.0 Å². The zero-order valence-electron chi connectivity index (χ0n) is 14.6. The Hall–Kier alpha value is -2.13. The lowest BCUT2D eigenvalue weighted by molar-refractivity contribution is 0.0393. The summed E-state index contributed by atoms with van der Waals surface area (Å²) in [5, 5.41) is 0.